The lowest BCUT2D eigenvalue weighted by Gasteiger charge is -2.15. The lowest BCUT2D eigenvalue weighted by atomic mass is 10.4. The highest BCUT2D eigenvalue weighted by Crippen LogP contribution is 2.07. The average molecular weight is 165 g/mol. The lowest BCUT2D eigenvalue weighted by molar-refractivity contribution is -0.116. The number of carbonyl (C=O) groups excluding carboxylic acids is 1. The van der Waals surface area contributed by atoms with Crippen molar-refractivity contribution in [2.75, 3.05) is 18.5 Å². The standard InChI is InChI=1S/C8H11N3O/c1-11(6-8(9)12)7-3-2-4-10-5-7/h2-5H,6H2,1H3,(H2,9,12). The maximum absolute atomic E-state index is 10.5. The SMILES string of the molecule is CN(CC(N)=O)c1cccnc1. The first kappa shape index (κ1) is 8.52. The third kappa shape index (κ3) is 2.23. The molecule has 1 amide bonds. The van der Waals surface area contributed by atoms with Crippen LogP contribution in [0.2, 0.25) is 0 Å². The molecule has 1 aromatic heterocycles. The fourth-order valence-electron chi connectivity index (χ4n) is 0.905. The Morgan fingerprint density at radius 3 is 3.00 bits per heavy atom. The van der Waals surface area contributed by atoms with Gasteiger partial charge in [-0.25, -0.2) is 0 Å². The van der Waals surface area contributed by atoms with Crippen molar-refractivity contribution < 1.29 is 4.79 Å². The van der Waals surface area contributed by atoms with Crippen molar-refractivity contribution in [1.29, 1.82) is 0 Å². The molecular formula is C8H11N3O. The van der Waals surface area contributed by atoms with Gasteiger partial charge >= 0.3 is 0 Å². The highest BCUT2D eigenvalue weighted by atomic mass is 16.1. The fraction of sp³-hybridized carbons (Fsp3) is 0.250. The molecule has 0 saturated heterocycles. The highest BCUT2D eigenvalue weighted by Gasteiger charge is 2.02. The number of anilines is 1. The molecule has 0 aliphatic rings. The number of amides is 1. The molecule has 1 aromatic rings. The smallest absolute Gasteiger partial charge is 0.236 e. The second kappa shape index (κ2) is 3.71. The van der Waals surface area contributed by atoms with Crippen LogP contribution in [0.1, 0.15) is 0 Å². The van der Waals surface area contributed by atoms with Gasteiger partial charge < -0.3 is 10.6 Å². The van der Waals surface area contributed by atoms with Crippen molar-refractivity contribution in [3.05, 3.63) is 24.5 Å². The molecule has 0 aliphatic carbocycles. The summed E-state index contributed by atoms with van der Waals surface area (Å²) in [5.74, 6) is -0.346. The Balaban J connectivity index is 2.65. The predicted octanol–water partition coefficient (Wildman–Crippen LogP) is 0.00310. The maximum Gasteiger partial charge on any atom is 0.236 e. The number of hydrogen-bond donors (Lipinski definition) is 1. The zero-order valence-electron chi connectivity index (χ0n) is 6.90. The number of primary amides is 1. The molecule has 64 valence electrons. The number of pyridine rings is 1. The van der Waals surface area contributed by atoms with E-state index in [9.17, 15) is 4.79 Å². The molecule has 0 atom stereocenters. The second-order valence-corrected chi connectivity index (χ2v) is 2.53. The number of carbonyl (C=O) groups is 1. The Kier molecular flexibility index (Phi) is 2.63. The van der Waals surface area contributed by atoms with E-state index in [1.54, 1.807) is 24.3 Å². The van der Waals surface area contributed by atoms with E-state index >= 15 is 0 Å². The van der Waals surface area contributed by atoms with Crippen molar-refractivity contribution >= 4 is 11.6 Å². The third-order valence-electron chi connectivity index (χ3n) is 1.48. The summed E-state index contributed by atoms with van der Waals surface area (Å²) in [5, 5.41) is 0. The van der Waals surface area contributed by atoms with Gasteiger partial charge in [0.25, 0.3) is 0 Å². The average Bonchev–Trinajstić information content (AvgIpc) is 2.05. The molecule has 0 unspecified atom stereocenters. The van der Waals surface area contributed by atoms with Crippen LogP contribution < -0.4 is 10.6 Å². The summed E-state index contributed by atoms with van der Waals surface area (Å²) in [5.41, 5.74) is 5.92. The largest absolute Gasteiger partial charge is 0.368 e. The fourth-order valence-corrected chi connectivity index (χ4v) is 0.905. The van der Waals surface area contributed by atoms with Crippen LogP contribution in [0, 0.1) is 0 Å². The third-order valence-corrected chi connectivity index (χ3v) is 1.48. The monoisotopic (exact) mass is 165 g/mol. The Morgan fingerprint density at radius 1 is 1.75 bits per heavy atom. The second-order valence-electron chi connectivity index (χ2n) is 2.53. The minimum Gasteiger partial charge on any atom is -0.368 e. The molecule has 0 bridgehead atoms. The van der Waals surface area contributed by atoms with Crippen LogP contribution >= 0.6 is 0 Å². The van der Waals surface area contributed by atoms with E-state index in [0.717, 1.165) is 5.69 Å². The Morgan fingerprint density at radius 2 is 2.50 bits per heavy atom. The first-order valence-corrected chi connectivity index (χ1v) is 3.59. The van der Waals surface area contributed by atoms with Gasteiger partial charge in [0.15, 0.2) is 0 Å². The van der Waals surface area contributed by atoms with Crippen LogP contribution in [0.5, 0.6) is 0 Å². The summed E-state index contributed by atoms with van der Waals surface area (Å²) in [6.07, 6.45) is 3.37. The molecular weight excluding hydrogens is 154 g/mol. The van der Waals surface area contributed by atoms with Gasteiger partial charge in [-0.2, -0.15) is 0 Å². The summed E-state index contributed by atoms with van der Waals surface area (Å²) < 4.78 is 0. The van der Waals surface area contributed by atoms with Crippen molar-refractivity contribution in [3.8, 4) is 0 Å². The van der Waals surface area contributed by atoms with Crippen LogP contribution in [-0.4, -0.2) is 24.5 Å². The molecule has 1 rings (SSSR count). The van der Waals surface area contributed by atoms with Crippen molar-refractivity contribution in [1.82, 2.24) is 4.98 Å². The molecule has 0 radical (unpaired) electrons. The topological polar surface area (TPSA) is 59.2 Å². The summed E-state index contributed by atoms with van der Waals surface area (Å²) >= 11 is 0. The van der Waals surface area contributed by atoms with E-state index in [-0.39, 0.29) is 12.5 Å². The molecule has 0 saturated carbocycles. The molecule has 12 heavy (non-hydrogen) atoms. The predicted molar refractivity (Wildman–Crippen MR) is 46.7 cm³/mol. The van der Waals surface area contributed by atoms with E-state index in [1.807, 2.05) is 12.1 Å². The molecule has 0 aromatic carbocycles. The minimum atomic E-state index is -0.346. The van der Waals surface area contributed by atoms with Gasteiger partial charge in [0.2, 0.25) is 5.91 Å². The van der Waals surface area contributed by atoms with E-state index < -0.39 is 0 Å². The lowest BCUT2D eigenvalue weighted by Crippen LogP contribution is -2.30. The van der Waals surface area contributed by atoms with Crippen molar-refractivity contribution in [2.45, 2.75) is 0 Å². The summed E-state index contributed by atoms with van der Waals surface area (Å²) in [6.45, 7) is 0.214. The van der Waals surface area contributed by atoms with Crippen LogP contribution in [0.15, 0.2) is 24.5 Å². The molecule has 2 N–H and O–H groups in total. The Bertz CT molecular complexity index is 260. The van der Waals surface area contributed by atoms with Gasteiger partial charge in [-0.3, -0.25) is 9.78 Å². The zero-order valence-corrected chi connectivity index (χ0v) is 6.90. The summed E-state index contributed by atoms with van der Waals surface area (Å²) in [6, 6.07) is 3.68. The van der Waals surface area contributed by atoms with Crippen LogP contribution in [0.25, 0.3) is 0 Å². The summed E-state index contributed by atoms with van der Waals surface area (Å²) in [4.78, 5) is 16.2. The van der Waals surface area contributed by atoms with Gasteiger partial charge in [0, 0.05) is 13.2 Å². The van der Waals surface area contributed by atoms with E-state index in [1.165, 1.54) is 0 Å². The molecule has 4 nitrogen and oxygen atoms in total. The van der Waals surface area contributed by atoms with E-state index in [0.29, 0.717) is 0 Å². The first-order valence-electron chi connectivity index (χ1n) is 3.59. The number of likely N-dealkylation sites (N-methyl/N-ethyl adjacent to an activating group) is 1. The van der Waals surface area contributed by atoms with Gasteiger partial charge in [-0.05, 0) is 12.1 Å². The van der Waals surface area contributed by atoms with E-state index in [4.69, 9.17) is 5.73 Å². The molecule has 1 heterocycles. The number of rotatable bonds is 3. The Labute approximate surface area is 71.0 Å². The maximum atomic E-state index is 10.5. The summed E-state index contributed by atoms with van der Waals surface area (Å²) in [7, 11) is 1.79. The normalized spacial score (nSPS) is 9.42. The quantitative estimate of drug-likeness (QED) is 0.686. The van der Waals surface area contributed by atoms with Gasteiger partial charge in [-0.1, -0.05) is 0 Å². The zero-order chi connectivity index (χ0) is 8.97. The minimum absolute atomic E-state index is 0.214. The number of nitrogens with zero attached hydrogens (tertiary/aromatic N) is 2. The molecule has 0 aliphatic heterocycles. The van der Waals surface area contributed by atoms with Gasteiger partial charge in [-0.15, -0.1) is 0 Å². The van der Waals surface area contributed by atoms with Crippen LogP contribution in [0.3, 0.4) is 0 Å². The molecule has 0 fully saturated rings. The highest BCUT2D eigenvalue weighted by molar-refractivity contribution is 5.79. The van der Waals surface area contributed by atoms with Gasteiger partial charge in [0.1, 0.15) is 0 Å². The number of hydrogen-bond acceptors (Lipinski definition) is 3. The van der Waals surface area contributed by atoms with Gasteiger partial charge in [0.05, 0.1) is 18.4 Å². The Hall–Kier alpha value is -1.58. The van der Waals surface area contributed by atoms with E-state index in [2.05, 4.69) is 4.98 Å². The van der Waals surface area contributed by atoms with Crippen molar-refractivity contribution in [3.63, 3.8) is 0 Å². The van der Waals surface area contributed by atoms with Crippen molar-refractivity contribution in [2.24, 2.45) is 5.73 Å². The van der Waals surface area contributed by atoms with Crippen LogP contribution in [-0.2, 0) is 4.79 Å². The molecule has 0 spiro atoms. The molecule has 4 heteroatoms. The number of nitrogens with two attached hydrogens (primary N) is 1. The number of aromatic nitrogens is 1. The first-order chi connectivity index (χ1) is 5.70. The van der Waals surface area contributed by atoms with Crippen LogP contribution in [0.4, 0.5) is 5.69 Å².